The minimum Gasteiger partial charge on any atom is -0.367 e. The van der Waals surface area contributed by atoms with Crippen LogP contribution in [0.25, 0.3) is 0 Å². The predicted octanol–water partition coefficient (Wildman–Crippen LogP) is 3.46. The number of rotatable bonds is 3. The molecule has 1 N–H and O–H groups in total. The standard InChI is InChI=1S/C13H20N2/c1-2-11-7-3-4-8-12(11)15-13-9-5-6-10-14-13/h5-6,9-12H,2-4,7-8H2,1H3,(H,14,15). The maximum absolute atomic E-state index is 4.33. The lowest BCUT2D eigenvalue weighted by Crippen LogP contribution is -2.32. The Labute approximate surface area is 92.1 Å². The van der Waals surface area contributed by atoms with E-state index in [1.54, 1.807) is 0 Å². The lowest BCUT2D eigenvalue weighted by molar-refractivity contribution is 0.317. The van der Waals surface area contributed by atoms with Gasteiger partial charge in [-0.2, -0.15) is 0 Å². The largest absolute Gasteiger partial charge is 0.367 e. The molecule has 1 fully saturated rings. The average molecular weight is 204 g/mol. The van der Waals surface area contributed by atoms with Crippen LogP contribution in [0.2, 0.25) is 0 Å². The van der Waals surface area contributed by atoms with Crippen molar-refractivity contribution in [3.8, 4) is 0 Å². The van der Waals surface area contributed by atoms with E-state index in [4.69, 9.17) is 0 Å². The van der Waals surface area contributed by atoms with Crippen LogP contribution in [0.3, 0.4) is 0 Å². The van der Waals surface area contributed by atoms with Gasteiger partial charge in [0, 0.05) is 12.2 Å². The van der Waals surface area contributed by atoms with Gasteiger partial charge in [-0.3, -0.25) is 0 Å². The smallest absolute Gasteiger partial charge is 0.126 e. The van der Waals surface area contributed by atoms with E-state index in [2.05, 4.69) is 23.3 Å². The van der Waals surface area contributed by atoms with Gasteiger partial charge in [-0.25, -0.2) is 4.98 Å². The monoisotopic (exact) mass is 204 g/mol. The van der Waals surface area contributed by atoms with E-state index >= 15 is 0 Å². The molecule has 1 aliphatic carbocycles. The van der Waals surface area contributed by atoms with E-state index in [0.717, 1.165) is 11.7 Å². The summed E-state index contributed by atoms with van der Waals surface area (Å²) in [4.78, 5) is 4.33. The Morgan fingerprint density at radius 1 is 1.33 bits per heavy atom. The van der Waals surface area contributed by atoms with Crippen molar-refractivity contribution < 1.29 is 0 Å². The Morgan fingerprint density at radius 3 is 2.93 bits per heavy atom. The molecule has 0 bridgehead atoms. The van der Waals surface area contributed by atoms with Gasteiger partial charge >= 0.3 is 0 Å². The van der Waals surface area contributed by atoms with Gasteiger partial charge in [0.1, 0.15) is 5.82 Å². The lowest BCUT2D eigenvalue weighted by atomic mass is 9.83. The summed E-state index contributed by atoms with van der Waals surface area (Å²) in [6.45, 7) is 2.29. The number of hydrogen-bond acceptors (Lipinski definition) is 2. The molecule has 0 aromatic carbocycles. The molecule has 2 heteroatoms. The first kappa shape index (κ1) is 10.5. The molecule has 1 aromatic rings. The first-order valence-electron chi connectivity index (χ1n) is 6.07. The lowest BCUT2D eigenvalue weighted by Gasteiger charge is -2.31. The summed E-state index contributed by atoms with van der Waals surface area (Å²) in [5.74, 6) is 1.86. The third kappa shape index (κ3) is 2.71. The van der Waals surface area contributed by atoms with E-state index in [1.807, 2.05) is 18.3 Å². The molecular formula is C13H20N2. The zero-order valence-electron chi connectivity index (χ0n) is 9.45. The van der Waals surface area contributed by atoms with E-state index in [1.165, 1.54) is 32.1 Å². The molecule has 1 saturated carbocycles. The molecule has 0 spiro atoms. The molecule has 2 nitrogen and oxygen atoms in total. The van der Waals surface area contributed by atoms with Gasteiger partial charge in [-0.15, -0.1) is 0 Å². The number of pyridine rings is 1. The van der Waals surface area contributed by atoms with Crippen molar-refractivity contribution in [1.82, 2.24) is 4.98 Å². The Balaban J connectivity index is 1.97. The second kappa shape index (κ2) is 5.15. The summed E-state index contributed by atoms with van der Waals surface area (Å²) in [6, 6.07) is 6.70. The topological polar surface area (TPSA) is 24.9 Å². The highest BCUT2D eigenvalue weighted by molar-refractivity contribution is 5.34. The summed E-state index contributed by atoms with van der Waals surface area (Å²) < 4.78 is 0. The zero-order chi connectivity index (χ0) is 10.5. The normalized spacial score (nSPS) is 26.2. The number of hydrogen-bond donors (Lipinski definition) is 1. The van der Waals surface area contributed by atoms with Crippen molar-refractivity contribution in [2.75, 3.05) is 5.32 Å². The highest BCUT2D eigenvalue weighted by Gasteiger charge is 2.23. The molecule has 0 radical (unpaired) electrons. The fourth-order valence-electron chi connectivity index (χ4n) is 2.52. The minimum absolute atomic E-state index is 0.638. The number of nitrogens with zero attached hydrogens (tertiary/aromatic N) is 1. The van der Waals surface area contributed by atoms with E-state index in [9.17, 15) is 0 Å². The van der Waals surface area contributed by atoms with Gasteiger partial charge in [-0.1, -0.05) is 32.3 Å². The third-order valence-corrected chi connectivity index (χ3v) is 3.43. The number of aromatic nitrogens is 1. The molecule has 0 aliphatic heterocycles. The molecule has 2 rings (SSSR count). The van der Waals surface area contributed by atoms with Gasteiger partial charge in [0.15, 0.2) is 0 Å². The molecule has 1 aromatic heterocycles. The van der Waals surface area contributed by atoms with Crippen molar-refractivity contribution in [1.29, 1.82) is 0 Å². The second-order valence-corrected chi connectivity index (χ2v) is 4.42. The molecular weight excluding hydrogens is 184 g/mol. The van der Waals surface area contributed by atoms with Gasteiger partial charge in [0.2, 0.25) is 0 Å². The summed E-state index contributed by atoms with van der Waals surface area (Å²) >= 11 is 0. The molecule has 0 amide bonds. The van der Waals surface area contributed by atoms with Crippen LogP contribution in [0.5, 0.6) is 0 Å². The molecule has 2 unspecified atom stereocenters. The molecule has 82 valence electrons. The van der Waals surface area contributed by atoms with Crippen LogP contribution < -0.4 is 5.32 Å². The van der Waals surface area contributed by atoms with Gasteiger partial charge in [-0.05, 0) is 30.9 Å². The van der Waals surface area contributed by atoms with Gasteiger partial charge in [0.25, 0.3) is 0 Å². The van der Waals surface area contributed by atoms with Crippen molar-refractivity contribution >= 4 is 5.82 Å². The highest BCUT2D eigenvalue weighted by Crippen LogP contribution is 2.28. The molecule has 2 atom stereocenters. The quantitative estimate of drug-likeness (QED) is 0.815. The Kier molecular flexibility index (Phi) is 3.59. The van der Waals surface area contributed by atoms with Crippen LogP contribution in [-0.2, 0) is 0 Å². The summed E-state index contributed by atoms with van der Waals surface area (Å²) in [7, 11) is 0. The molecule has 1 heterocycles. The molecule has 0 saturated heterocycles. The van der Waals surface area contributed by atoms with Crippen LogP contribution >= 0.6 is 0 Å². The number of nitrogens with one attached hydrogen (secondary N) is 1. The Morgan fingerprint density at radius 2 is 2.20 bits per heavy atom. The summed E-state index contributed by atoms with van der Waals surface area (Å²) in [5.41, 5.74) is 0. The van der Waals surface area contributed by atoms with Gasteiger partial charge in [0.05, 0.1) is 0 Å². The first-order chi connectivity index (χ1) is 7.40. The van der Waals surface area contributed by atoms with E-state index in [0.29, 0.717) is 6.04 Å². The fraction of sp³-hybridized carbons (Fsp3) is 0.615. The maximum Gasteiger partial charge on any atom is 0.126 e. The highest BCUT2D eigenvalue weighted by atomic mass is 15.0. The van der Waals surface area contributed by atoms with Crippen molar-refractivity contribution in [2.24, 2.45) is 5.92 Å². The van der Waals surface area contributed by atoms with Crippen LogP contribution in [0.1, 0.15) is 39.0 Å². The van der Waals surface area contributed by atoms with Crippen LogP contribution in [0, 0.1) is 5.92 Å². The van der Waals surface area contributed by atoms with Gasteiger partial charge < -0.3 is 5.32 Å². The SMILES string of the molecule is CCC1CCCCC1Nc1ccccn1. The molecule has 1 aliphatic rings. The maximum atomic E-state index is 4.33. The third-order valence-electron chi connectivity index (χ3n) is 3.43. The Bertz CT molecular complexity index is 284. The summed E-state index contributed by atoms with van der Waals surface area (Å²) in [6.07, 6.45) is 8.58. The van der Waals surface area contributed by atoms with E-state index < -0.39 is 0 Å². The van der Waals surface area contributed by atoms with Crippen LogP contribution in [-0.4, -0.2) is 11.0 Å². The predicted molar refractivity (Wildman–Crippen MR) is 63.9 cm³/mol. The van der Waals surface area contributed by atoms with Crippen molar-refractivity contribution in [2.45, 2.75) is 45.1 Å². The second-order valence-electron chi connectivity index (χ2n) is 4.42. The Hall–Kier alpha value is -1.05. The minimum atomic E-state index is 0.638. The van der Waals surface area contributed by atoms with E-state index in [-0.39, 0.29) is 0 Å². The first-order valence-corrected chi connectivity index (χ1v) is 6.07. The van der Waals surface area contributed by atoms with Crippen LogP contribution in [0.15, 0.2) is 24.4 Å². The van der Waals surface area contributed by atoms with Crippen molar-refractivity contribution in [3.05, 3.63) is 24.4 Å². The average Bonchev–Trinajstić information content (AvgIpc) is 2.31. The van der Waals surface area contributed by atoms with Crippen LogP contribution in [0.4, 0.5) is 5.82 Å². The zero-order valence-corrected chi connectivity index (χ0v) is 9.45. The summed E-state index contributed by atoms with van der Waals surface area (Å²) in [5, 5.41) is 3.57. The molecule has 15 heavy (non-hydrogen) atoms. The number of anilines is 1. The van der Waals surface area contributed by atoms with Crippen molar-refractivity contribution in [3.63, 3.8) is 0 Å². The fourth-order valence-corrected chi connectivity index (χ4v) is 2.52.